The number of allylic oxidation sites excluding steroid dienone is 4. The van der Waals surface area contributed by atoms with Gasteiger partial charge in [0.05, 0.1) is 22.8 Å². The van der Waals surface area contributed by atoms with E-state index in [2.05, 4.69) is 76.2 Å². The van der Waals surface area contributed by atoms with Gasteiger partial charge in [-0.3, -0.25) is 0 Å². The molecule has 28 heavy (non-hydrogen) atoms. The van der Waals surface area contributed by atoms with Crippen molar-refractivity contribution in [2.24, 2.45) is 9.98 Å². The van der Waals surface area contributed by atoms with Gasteiger partial charge in [0.25, 0.3) is 0 Å². The molecule has 0 unspecified atom stereocenters. The van der Waals surface area contributed by atoms with Gasteiger partial charge in [0, 0.05) is 0 Å². The van der Waals surface area contributed by atoms with Gasteiger partial charge >= 0.3 is 0 Å². The standard InChI is InChI=1S/C25H28N2O/c1-16-10-7-11-17(2)24(16)26-20(5)22-14-9-15-23(28-22)21(6)27-25-18(3)12-8-13-19(25)4/h7-8,10-15H,9H2,1-6H3/b26-20+,27-21+. The van der Waals surface area contributed by atoms with E-state index in [1.165, 1.54) is 22.3 Å². The van der Waals surface area contributed by atoms with E-state index >= 15 is 0 Å². The summed E-state index contributed by atoms with van der Waals surface area (Å²) in [5.74, 6) is 1.60. The van der Waals surface area contributed by atoms with Crippen LogP contribution in [0.1, 0.15) is 42.5 Å². The van der Waals surface area contributed by atoms with Gasteiger partial charge in [0.15, 0.2) is 0 Å². The minimum atomic E-state index is 0.802. The fourth-order valence-corrected chi connectivity index (χ4v) is 3.33. The summed E-state index contributed by atoms with van der Waals surface area (Å²) in [7, 11) is 0. The molecule has 1 heterocycles. The molecule has 0 spiro atoms. The predicted molar refractivity (Wildman–Crippen MR) is 119 cm³/mol. The molecule has 2 aromatic carbocycles. The molecule has 3 heteroatoms. The number of benzene rings is 2. The third-order valence-corrected chi connectivity index (χ3v) is 4.98. The first-order valence-corrected chi connectivity index (χ1v) is 9.68. The number of hydrogen-bond donors (Lipinski definition) is 0. The largest absolute Gasteiger partial charge is 0.454 e. The lowest BCUT2D eigenvalue weighted by Gasteiger charge is -2.18. The lowest BCUT2D eigenvalue weighted by Crippen LogP contribution is -2.11. The summed E-state index contributed by atoms with van der Waals surface area (Å²) in [6.07, 6.45) is 4.95. The maximum atomic E-state index is 6.17. The summed E-state index contributed by atoms with van der Waals surface area (Å²) < 4.78 is 6.17. The van der Waals surface area contributed by atoms with Crippen LogP contribution < -0.4 is 0 Å². The monoisotopic (exact) mass is 372 g/mol. The van der Waals surface area contributed by atoms with E-state index in [1.807, 2.05) is 13.8 Å². The highest BCUT2D eigenvalue weighted by Crippen LogP contribution is 2.28. The topological polar surface area (TPSA) is 34.0 Å². The molecule has 3 nitrogen and oxygen atoms in total. The molecule has 0 aliphatic carbocycles. The molecule has 1 aliphatic rings. The average Bonchev–Trinajstić information content (AvgIpc) is 2.67. The summed E-state index contributed by atoms with van der Waals surface area (Å²) in [4.78, 5) is 9.69. The van der Waals surface area contributed by atoms with Crippen LogP contribution in [0.25, 0.3) is 0 Å². The van der Waals surface area contributed by atoms with E-state index in [1.54, 1.807) is 0 Å². The normalized spacial score (nSPS) is 15.1. The number of para-hydroxylation sites is 2. The van der Waals surface area contributed by atoms with Gasteiger partial charge in [-0.25, -0.2) is 9.98 Å². The summed E-state index contributed by atoms with van der Waals surface area (Å²) in [5.41, 5.74) is 8.45. The zero-order valence-electron chi connectivity index (χ0n) is 17.6. The Balaban J connectivity index is 1.84. The van der Waals surface area contributed by atoms with Crippen LogP contribution in [0.4, 0.5) is 11.4 Å². The Hall–Kier alpha value is -2.94. The highest BCUT2D eigenvalue weighted by molar-refractivity contribution is 6.02. The van der Waals surface area contributed by atoms with E-state index in [0.717, 1.165) is 40.7 Å². The second-order valence-corrected chi connectivity index (χ2v) is 7.35. The first-order chi connectivity index (χ1) is 13.4. The molecule has 0 fully saturated rings. The number of rotatable bonds is 4. The van der Waals surface area contributed by atoms with Crippen molar-refractivity contribution in [3.63, 3.8) is 0 Å². The maximum absolute atomic E-state index is 6.17. The molecular weight excluding hydrogens is 344 g/mol. The van der Waals surface area contributed by atoms with Crippen LogP contribution in [0, 0.1) is 27.7 Å². The van der Waals surface area contributed by atoms with Crippen molar-refractivity contribution in [1.82, 2.24) is 0 Å². The Labute approximate surface area is 168 Å². The van der Waals surface area contributed by atoms with Crippen LogP contribution in [0.2, 0.25) is 0 Å². The van der Waals surface area contributed by atoms with Crippen LogP contribution in [0.15, 0.2) is 70.1 Å². The molecule has 1 aliphatic heterocycles. The van der Waals surface area contributed by atoms with Gasteiger partial charge in [-0.1, -0.05) is 36.4 Å². The highest BCUT2D eigenvalue weighted by atomic mass is 16.5. The fourth-order valence-electron chi connectivity index (χ4n) is 3.33. The second kappa shape index (κ2) is 8.39. The molecule has 0 amide bonds. The zero-order valence-corrected chi connectivity index (χ0v) is 17.6. The van der Waals surface area contributed by atoms with Crippen molar-refractivity contribution in [3.05, 3.63) is 82.3 Å². The van der Waals surface area contributed by atoms with Crippen molar-refractivity contribution in [2.75, 3.05) is 0 Å². The van der Waals surface area contributed by atoms with Crippen LogP contribution in [-0.4, -0.2) is 11.4 Å². The minimum Gasteiger partial charge on any atom is -0.454 e. The molecule has 0 radical (unpaired) electrons. The van der Waals surface area contributed by atoms with Crippen LogP contribution >= 0.6 is 0 Å². The summed E-state index contributed by atoms with van der Waals surface area (Å²) in [5, 5.41) is 0. The third kappa shape index (κ3) is 4.30. The Bertz CT molecular complexity index is 901. The van der Waals surface area contributed by atoms with Crippen molar-refractivity contribution in [1.29, 1.82) is 0 Å². The van der Waals surface area contributed by atoms with Gasteiger partial charge in [0.1, 0.15) is 11.5 Å². The van der Waals surface area contributed by atoms with Crippen molar-refractivity contribution in [2.45, 2.75) is 48.0 Å². The molecule has 2 aromatic rings. The van der Waals surface area contributed by atoms with E-state index in [0.29, 0.717) is 0 Å². The number of hydrogen-bond acceptors (Lipinski definition) is 3. The van der Waals surface area contributed by atoms with Gasteiger partial charge in [-0.05, 0) is 82.4 Å². The molecule has 0 bridgehead atoms. The SMILES string of the molecule is C/C(=N\c1c(C)cccc1C)C1=CCC=C(/C(C)=N/c2c(C)cccc2C)O1. The number of ether oxygens (including phenoxy) is 1. The fraction of sp³-hybridized carbons (Fsp3) is 0.280. The zero-order chi connectivity index (χ0) is 20.3. The predicted octanol–water partition coefficient (Wildman–Crippen LogP) is 6.99. The first-order valence-electron chi connectivity index (χ1n) is 9.68. The smallest absolute Gasteiger partial charge is 0.145 e. The van der Waals surface area contributed by atoms with E-state index < -0.39 is 0 Å². The first kappa shape index (κ1) is 19.8. The third-order valence-electron chi connectivity index (χ3n) is 4.98. The highest BCUT2D eigenvalue weighted by Gasteiger charge is 2.15. The molecule has 0 saturated heterocycles. The lowest BCUT2D eigenvalue weighted by molar-refractivity contribution is 0.343. The molecule has 144 valence electrons. The minimum absolute atomic E-state index is 0.802. The second-order valence-electron chi connectivity index (χ2n) is 7.35. The summed E-state index contributed by atoms with van der Waals surface area (Å²) in [6.45, 7) is 12.3. The van der Waals surface area contributed by atoms with Crippen LogP contribution in [0.3, 0.4) is 0 Å². The lowest BCUT2D eigenvalue weighted by atomic mass is 10.1. The van der Waals surface area contributed by atoms with Crippen LogP contribution in [0.5, 0.6) is 0 Å². The summed E-state index contributed by atoms with van der Waals surface area (Å²) in [6, 6.07) is 12.5. The Morgan fingerprint density at radius 3 is 1.39 bits per heavy atom. The average molecular weight is 373 g/mol. The van der Waals surface area contributed by atoms with Gasteiger partial charge < -0.3 is 4.74 Å². The van der Waals surface area contributed by atoms with Crippen LogP contribution in [-0.2, 0) is 4.74 Å². The number of aliphatic imine (C=N–C) groups is 2. The van der Waals surface area contributed by atoms with Gasteiger partial charge in [0.2, 0.25) is 0 Å². The van der Waals surface area contributed by atoms with Crippen molar-refractivity contribution >= 4 is 22.8 Å². The number of aryl methyl sites for hydroxylation is 4. The summed E-state index contributed by atoms with van der Waals surface area (Å²) >= 11 is 0. The molecule has 0 aromatic heterocycles. The molecule has 0 atom stereocenters. The van der Waals surface area contributed by atoms with E-state index in [-0.39, 0.29) is 0 Å². The van der Waals surface area contributed by atoms with E-state index in [4.69, 9.17) is 14.7 Å². The molecule has 0 saturated carbocycles. The Kier molecular flexibility index (Phi) is 5.93. The quantitative estimate of drug-likeness (QED) is 0.532. The van der Waals surface area contributed by atoms with Gasteiger partial charge in [-0.2, -0.15) is 0 Å². The Morgan fingerprint density at radius 1 is 0.679 bits per heavy atom. The Morgan fingerprint density at radius 2 is 1.04 bits per heavy atom. The van der Waals surface area contributed by atoms with Crippen molar-refractivity contribution < 1.29 is 4.74 Å². The maximum Gasteiger partial charge on any atom is 0.145 e. The molecule has 3 rings (SSSR count). The number of nitrogens with zero attached hydrogens (tertiary/aromatic N) is 2. The molecule has 0 N–H and O–H groups in total. The molecular formula is C25H28N2O. The van der Waals surface area contributed by atoms with Gasteiger partial charge in [-0.15, -0.1) is 0 Å². The van der Waals surface area contributed by atoms with Crippen molar-refractivity contribution in [3.8, 4) is 0 Å². The van der Waals surface area contributed by atoms with E-state index in [9.17, 15) is 0 Å².